The van der Waals surface area contributed by atoms with Gasteiger partial charge < -0.3 is 0 Å². The van der Waals surface area contributed by atoms with Crippen LogP contribution in [0.1, 0.15) is 29.5 Å². The number of benzene rings is 1. The van der Waals surface area contributed by atoms with E-state index in [9.17, 15) is 4.39 Å². The maximum Gasteiger partial charge on any atom is 0.129 e. The Kier molecular flexibility index (Phi) is 2.86. The first-order valence-corrected chi connectivity index (χ1v) is 4.45. The van der Waals surface area contributed by atoms with Crippen LogP contribution >= 0.6 is 0 Å². The van der Waals surface area contributed by atoms with Crippen LogP contribution in [0.5, 0.6) is 0 Å². The molecule has 0 aliphatic heterocycles. The summed E-state index contributed by atoms with van der Waals surface area (Å²) in [5.41, 5.74) is 2.55. The highest BCUT2D eigenvalue weighted by Crippen LogP contribution is 2.21. The fourth-order valence-corrected chi connectivity index (χ4v) is 1.38. The Bertz CT molecular complexity index is 303. The van der Waals surface area contributed by atoms with Crippen molar-refractivity contribution in [3.05, 3.63) is 47.3 Å². The Morgan fingerprint density at radius 1 is 1.31 bits per heavy atom. The van der Waals surface area contributed by atoms with E-state index in [0.717, 1.165) is 5.56 Å². The average Bonchev–Trinajstić information content (AvgIpc) is 2.12. The van der Waals surface area contributed by atoms with Crippen LogP contribution < -0.4 is 0 Å². The summed E-state index contributed by atoms with van der Waals surface area (Å²) in [5, 5.41) is 0. The molecule has 70 valence electrons. The lowest BCUT2D eigenvalue weighted by molar-refractivity contribution is 0.608. The van der Waals surface area contributed by atoms with Crippen molar-refractivity contribution in [1.82, 2.24) is 0 Å². The molecule has 0 amide bonds. The van der Waals surface area contributed by atoms with Crippen LogP contribution in [0.2, 0.25) is 0 Å². The molecular weight excluding hydrogens is 163 g/mol. The summed E-state index contributed by atoms with van der Waals surface area (Å²) in [4.78, 5) is 0. The first kappa shape index (κ1) is 9.97. The standard InChI is InChI=1S/C12H15F/c1-5-8(2)11-6-9(3)12(13)10(4)7-11/h5-8H,1H2,2-4H3. The summed E-state index contributed by atoms with van der Waals surface area (Å²) in [7, 11) is 0. The Morgan fingerprint density at radius 2 is 1.77 bits per heavy atom. The highest BCUT2D eigenvalue weighted by atomic mass is 19.1. The monoisotopic (exact) mass is 178 g/mol. The minimum atomic E-state index is -0.0972. The van der Waals surface area contributed by atoms with Crippen molar-refractivity contribution in [2.75, 3.05) is 0 Å². The van der Waals surface area contributed by atoms with Crippen LogP contribution in [0.15, 0.2) is 24.8 Å². The van der Waals surface area contributed by atoms with Gasteiger partial charge in [0.15, 0.2) is 0 Å². The van der Waals surface area contributed by atoms with Crippen LogP contribution in [0.25, 0.3) is 0 Å². The molecule has 13 heavy (non-hydrogen) atoms. The lowest BCUT2D eigenvalue weighted by Gasteiger charge is -2.10. The smallest absolute Gasteiger partial charge is 0.129 e. The summed E-state index contributed by atoms with van der Waals surface area (Å²) >= 11 is 0. The summed E-state index contributed by atoms with van der Waals surface area (Å²) in [6.07, 6.45) is 1.87. The zero-order valence-electron chi connectivity index (χ0n) is 8.39. The van der Waals surface area contributed by atoms with Gasteiger partial charge in [0.2, 0.25) is 0 Å². The van der Waals surface area contributed by atoms with Crippen molar-refractivity contribution < 1.29 is 4.39 Å². The van der Waals surface area contributed by atoms with Gasteiger partial charge in [-0.05, 0) is 36.5 Å². The van der Waals surface area contributed by atoms with Crippen LogP contribution in [0.4, 0.5) is 4.39 Å². The predicted molar refractivity (Wildman–Crippen MR) is 54.5 cm³/mol. The normalized spacial score (nSPS) is 12.6. The second kappa shape index (κ2) is 3.73. The molecule has 0 fully saturated rings. The fraction of sp³-hybridized carbons (Fsp3) is 0.333. The molecule has 1 rings (SSSR count). The molecule has 1 aromatic rings. The molecule has 0 bridgehead atoms. The van der Waals surface area contributed by atoms with E-state index in [1.807, 2.05) is 18.2 Å². The van der Waals surface area contributed by atoms with Crippen molar-refractivity contribution in [2.24, 2.45) is 0 Å². The highest BCUT2D eigenvalue weighted by molar-refractivity contribution is 5.33. The third-order valence-electron chi connectivity index (χ3n) is 2.34. The Hall–Kier alpha value is -1.11. The van der Waals surface area contributed by atoms with E-state index in [1.165, 1.54) is 0 Å². The fourth-order valence-electron chi connectivity index (χ4n) is 1.38. The van der Waals surface area contributed by atoms with Gasteiger partial charge >= 0.3 is 0 Å². The van der Waals surface area contributed by atoms with Crippen LogP contribution in [-0.4, -0.2) is 0 Å². The molecule has 0 radical (unpaired) electrons. The Labute approximate surface area is 79.1 Å². The minimum absolute atomic E-state index is 0.0972. The second-order valence-corrected chi connectivity index (χ2v) is 3.49. The van der Waals surface area contributed by atoms with Gasteiger partial charge in [0.1, 0.15) is 5.82 Å². The molecule has 1 heteroatoms. The van der Waals surface area contributed by atoms with E-state index >= 15 is 0 Å². The summed E-state index contributed by atoms with van der Waals surface area (Å²) in [6.45, 7) is 9.37. The van der Waals surface area contributed by atoms with E-state index in [1.54, 1.807) is 13.8 Å². The maximum atomic E-state index is 13.3. The molecule has 1 unspecified atom stereocenters. The second-order valence-electron chi connectivity index (χ2n) is 3.49. The maximum absolute atomic E-state index is 13.3. The van der Waals surface area contributed by atoms with Gasteiger partial charge in [-0.15, -0.1) is 6.58 Å². The first-order valence-electron chi connectivity index (χ1n) is 4.45. The number of halogens is 1. The van der Waals surface area contributed by atoms with Gasteiger partial charge in [0.05, 0.1) is 0 Å². The van der Waals surface area contributed by atoms with E-state index < -0.39 is 0 Å². The molecule has 0 heterocycles. The van der Waals surface area contributed by atoms with Gasteiger partial charge in [-0.3, -0.25) is 0 Å². The first-order chi connectivity index (χ1) is 6.06. The molecule has 1 aromatic carbocycles. The van der Waals surface area contributed by atoms with Gasteiger partial charge in [-0.25, -0.2) is 4.39 Å². The molecule has 0 spiro atoms. The van der Waals surface area contributed by atoms with E-state index in [4.69, 9.17) is 0 Å². The summed E-state index contributed by atoms with van der Waals surface area (Å²) < 4.78 is 13.3. The van der Waals surface area contributed by atoms with Gasteiger partial charge in [0.25, 0.3) is 0 Å². The molecular formula is C12H15F. The highest BCUT2D eigenvalue weighted by Gasteiger charge is 2.06. The molecule has 0 saturated heterocycles. The zero-order valence-corrected chi connectivity index (χ0v) is 8.39. The van der Waals surface area contributed by atoms with Crippen LogP contribution in [0, 0.1) is 19.7 Å². The minimum Gasteiger partial charge on any atom is -0.206 e. The third kappa shape index (κ3) is 1.97. The van der Waals surface area contributed by atoms with Crippen molar-refractivity contribution >= 4 is 0 Å². The molecule has 0 aliphatic carbocycles. The lowest BCUT2D eigenvalue weighted by atomic mass is 9.97. The summed E-state index contributed by atoms with van der Waals surface area (Å²) in [5.74, 6) is 0.193. The molecule has 1 atom stereocenters. The van der Waals surface area contributed by atoms with Crippen molar-refractivity contribution in [3.8, 4) is 0 Å². The van der Waals surface area contributed by atoms with E-state index in [-0.39, 0.29) is 11.7 Å². The van der Waals surface area contributed by atoms with Gasteiger partial charge in [-0.1, -0.05) is 25.1 Å². The van der Waals surface area contributed by atoms with E-state index in [2.05, 4.69) is 13.5 Å². The predicted octanol–water partition coefficient (Wildman–Crippen LogP) is 3.73. The number of aryl methyl sites for hydroxylation is 2. The lowest BCUT2D eigenvalue weighted by Crippen LogP contribution is -1.95. The molecule has 0 nitrogen and oxygen atoms in total. The molecule has 0 aromatic heterocycles. The zero-order chi connectivity index (χ0) is 10.0. The van der Waals surface area contributed by atoms with E-state index in [0.29, 0.717) is 11.1 Å². The van der Waals surface area contributed by atoms with Crippen LogP contribution in [-0.2, 0) is 0 Å². The van der Waals surface area contributed by atoms with Gasteiger partial charge in [-0.2, -0.15) is 0 Å². The average molecular weight is 178 g/mol. The number of hydrogen-bond donors (Lipinski definition) is 0. The van der Waals surface area contributed by atoms with Crippen LogP contribution in [0.3, 0.4) is 0 Å². The Morgan fingerprint density at radius 3 is 2.15 bits per heavy atom. The summed E-state index contributed by atoms with van der Waals surface area (Å²) in [6, 6.07) is 3.77. The molecule has 0 saturated carbocycles. The Balaban J connectivity index is 3.20. The van der Waals surface area contributed by atoms with Crippen molar-refractivity contribution in [1.29, 1.82) is 0 Å². The molecule has 0 N–H and O–H groups in total. The topological polar surface area (TPSA) is 0 Å². The molecule has 0 aliphatic rings. The third-order valence-corrected chi connectivity index (χ3v) is 2.34. The van der Waals surface area contributed by atoms with Crippen molar-refractivity contribution in [2.45, 2.75) is 26.7 Å². The quantitative estimate of drug-likeness (QED) is 0.605. The number of allylic oxidation sites excluding steroid dienone is 1. The van der Waals surface area contributed by atoms with Gasteiger partial charge in [0, 0.05) is 0 Å². The number of hydrogen-bond acceptors (Lipinski definition) is 0. The largest absolute Gasteiger partial charge is 0.206 e. The SMILES string of the molecule is C=CC(C)c1cc(C)c(F)c(C)c1. The van der Waals surface area contributed by atoms with Crippen molar-refractivity contribution in [3.63, 3.8) is 0 Å². The number of rotatable bonds is 2.